The lowest BCUT2D eigenvalue weighted by molar-refractivity contribution is 0.213. The number of aryl methyl sites for hydroxylation is 1. The van der Waals surface area contributed by atoms with Gasteiger partial charge in [-0.25, -0.2) is 0 Å². The number of rotatable bonds is 1. The van der Waals surface area contributed by atoms with Crippen LogP contribution in [0, 0.1) is 0 Å². The van der Waals surface area contributed by atoms with E-state index in [4.69, 9.17) is 9.47 Å². The van der Waals surface area contributed by atoms with E-state index in [2.05, 4.69) is 0 Å². The Hall–Kier alpha value is -2.72. The van der Waals surface area contributed by atoms with E-state index in [1.54, 1.807) is 24.3 Å². The molecule has 2 aliphatic rings. The van der Waals surface area contributed by atoms with E-state index < -0.39 is 6.10 Å². The van der Waals surface area contributed by atoms with Crippen molar-refractivity contribution < 1.29 is 19.7 Å². The fourth-order valence-electron chi connectivity index (χ4n) is 2.61. The van der Waals surface area contributed by atoms with Gasteiger partial charge in [-0.1, -0.05) is 36.4 Å². The summed E-state index contributed by atoms with van der Waals surface area (Å²) in [6, 6.07) is 11.1. The number of phenols is 1. The zero-order valence-electron chi connectivity index (χ0n) is 13.5. The van der Waals surface area contributed by atoms with E-state index in [1.165, 1.54) is 7.11 Å². The highest BCUT2D eigenvalue weighted by Crippen LogP contribution is 2.40. The number of benzene rings is 2. The maximum absolute atomic E-state index is 10.2. The molecule has 4 heteroatoms. The molecular weight excluding hydrogens is 304 g/mol. The van der Waals surface area contributed by atoms with E-state index in [1.807, 2.05) is 36.4 Å². The highest BCUT2D eigenvalue weighted by Gasteiger charge is 2.13. The number of aromatic hydroxyl groups is 1. The first-order valence-corrected chi connectivity index (χ1v) is 7.86. The first-order valence-electron chi connectivity index (χ1n) is 7.86. The van der Waals surface area contributed by atoms with Crippen LogP contribution in [0.5, 0.6) is 23.0 Å². The first-order chi connectivity index (χ1) is 11.7. The minimum absolute atomic E-state index is 0.0135. The topological polar surface area (TPSA) is 58.9 Å². The summed E-state index contributed by atoms with van der Waals surface area (Å²) in [6.07, 6.45) is 8.16. The number of methoxy groups -OCH3 is 1. The largest absolute Gasteiger partial charge is 0.504 e. The Labute approximate surface area is 141 Å². The van der Waals surface area contributed by atoms with Gasteiger partial charge in [-0.3, -0.25) is 0 Å². The molecule has 0 aromatic heterocycles. The van der Waals surface area contributed by atoms with Crippen molar-refractivity contribution in [3.8, 4) is 23.0 Å². The fourth-order valence-corrected chi connectivity index (χ4v) is 2.61. The van der Waals surface area contributed by atoms with Gasteiger partial charge in [-0.2, -0.15) is 0 Å². The van der Waals surface area contributed by atoms with Crippen LogP contribution >= 0.6 is 0 Å². The number of hydrogen-bond donors (Lipinski definition) is 2. The van der Waals surface area contributed by atoms with Crippen molar-refractivity contribution in [2.45, 2.75) is 18.9 Å². The molecule has 0 saturated heterocycles. The van der Waals surface area contributed by atoms with Gasteiger partial charge in [0.1, 0.15) is 5.75 Å². The lowest BCUT2D eigenvalue weighted by atomic mass is 10.1. The molecule has 2 N–H and O–H groups in total. The minimum atomic E-state index is -0.490. The second-order valence-corrected chi connectivity index (χ2v) is 5.67. The molecule has 0 amide bonds. The molecule has 2 aromatic rings. The molecule has 0 radical (unpaired) electrons. The highest BCUT2D eigenvalue weighted by molar-refractivity contribution is 5.63. The smallest absolute Gasteiger partial charge is 0.203 e. The molecule has 0 fully saturated rings. The van der Waals surface area contributed by atoms with Gasteiger partial charge in [-0.15, -0.1) is 0 Å². The number of ether oxygens (including phenoxy) is 2. The quantitative estimate of drug-likeness (QED) is 0.830. The molecule has 0 saturated carbocycles. The van der Waals surface area contributed by atoms with Gasteiger partial charge < -0.3 is 19.7 Å². The molecule has 0 aliphatic carbocycles. The summed E-state index contributed by atoms with van der Waals surface area (Å²) in [5, 5.41) is 20.1. The molecule has 0 spiro atoms. The number of aliphatic hydroxyl groups excluding tert-OH is 1. The SMILES string of the molecule is COc1c(O)cc2cc1Oc1ccc(cc1)CC[C@@H](O)/C=C/C=C2. The molecule has 1 atom stereocenters. The van der Waals surface area contributed by atoms with E-state index in [0.29, 0.717) is 23.7 Å². The number of aliphatic hydroxyl groups is 1. The zero-order chi connectivity index (χ0) is 16.9. The van der Waals surface area contributed by atoms with E-state index >= 15 is 0 Å². The lowest BCUT2D eigenvalue weighted by Gasteiger charge is -2.13. The predicted molar refractivity (Wildman–Crippen MR) is 93.7 cm³/mol. The molecule has 4 nitrogen and oxygen atoms in total. The van der Waals surface area contributed by atoms with E-state index in [0.717, 1.165) is 17.5 Å². The summed E-state index contributed by atoms with van der Waals surface area (Å²) in [5.41, 5.74) is 1.90. The summed E-state index contributed by atoms with van der Waals surface area (Å²) < 4.78 is 11.1. The predicted octanol–water partition coefficient (Wildman–Crippen LogP) is 4.07. The maximum atomic E-state index is 10.2. The van der Waals surface area contributed by atoms with Crippen molar-refractivity contribution in [2.24, 2.45) is 0 Å². The van der Waals surface area contributed by atoms with Gasteiger partial charge in [0, 0.05) is 0 Å². The minimum Gasteiger partial charge on any atom is -0.504 e. The Morgan fingerprint density at radius 1 is 1.12 bits per heavy atom. The van der Waals surface area contributed by atoms with Crippen LogP contribution in [-0.2, 0) is 6.42 Å². The molecule has 124 valence electrons. The molecule has 2 aliphatic heterocycles. The number of phenolic OH excluding ortho intramolecular Hbond substituents is 1. The second kappa shape index (κ2) is 7.23. The summed E-state index contributed by atoms with van der Waals surface area (Å²) >= 11 is 0. The Bertz CT molecular complexity index is 760. The normalized spacial score (nSPS) is 18.3. The van der Waals surface area contributed by atoms with Crippen LogP contribution in [0.4, 0.5) is 0 Å². The molecule has 4 rings (SSSR count). The van der Waals surface area contributed by atoms with Crippen LogP contribution in [-0.4, -0.2) is 23.4 Å². The zero-order valence-corrected chi connectivity index (χ0v) is 13.5. The van der Waals surface area contributed by atoms with Crippen molar-refractivity contribution in [1.29, 1.82) is 0 Å². The summed E-state index contributed by atoms with van der Waals surface area (Å²) in [5.74, 6) is 1.42. The third kappa shape index (κ3) is 3.78. The van der Waals surface area contributed by atoms with Crippen molar-refractivity contribution in [2.75, 3.05) is 7.11 Å². The average molecular weight is 324 g/mol. The van der Waals surface area contributed by atoms with Crippen LogP contribution in [0.25, 0.3) is 6.08 Å². The molecular formula is C20H20O4. The number of hydrogen-bond acceptors (Lipinski definition) is 4. The van der Waals surface area contributed by atoms with Gasteiger partial charge in [-0.05, 0) is 48.2 Å². The Morgan fingerprint density at radius 2 is 1.92 bits per heavy atom. The maximum Gasteiger partial charge on any atom is 0.203 e. The van der Waals surface area contributed by atoms with Crippen molar-refractivity contribution in [1.82, 2.24) is 0 Å². The van der Waals surface area contributed by atoms with Crippen LogP contribution in [0.1, 0.15) is 17.5 Å². The van der Waals surface area contributed by atoms with E-state index in [-0.39, 0.29) is 5.75 Å². The lowest BCUT2D eigenvalue weighted by Crippen LogP contribution is -2.03. The average Bonchev–Trinajstić information content (AvgIpc) is 2.58. The third-order valence-electron chi connectivity index (χ3n) is 3.87. The molecule has 0 unspecified atom stereocenters. The van der Waals surface area contributed by atoms with Crippen LogP contribution < -0.4 is 9.47 Å². The summed E-state index contributed by atoms with van der Waals surface area (Å²) in [4.78, 5) is 0. The Balaban J connectivity index is 2.05. The molecule has 24 heavy (non-hydrogen) atoms. The summed E-state index contributed by atoms with van der Waals surface area (Å²) in [7, 11) is 1.49. The van der Waals surface area contributed by atoms with Gasteiger partial charge in [0.05, 0.1) is 13.2 Å². The van der Waals surface area contributed by atoms with Crippen molar-refractivity contribution in [3.63, 3.8) is 0 Å². The summed E-state index contributed by atoms with van der Waals surface area (Å²) in [6.45, 7) is 0. The number of fused-ring (bicyclic) bond motifs is 6. The molecule has 2 aromatic carbocycles. The van der Waals surface area contributed by atoms with Crippen LogP contribution in [0.15, 0.2) is 54.6 Å². The highest BCUT2D eigenvalue weighted by atomic mass is 16.5. The van der Waals surface area contributed by atoms with Gasteiger partial charge >= 0.3 is 0 Å². The fraction of sp³-hybridized carbons (Fsp3) is 0.200. The molecule has 4 bridgehead atoms. The Kier molecular flexibility index (Phi) is 4.87. The van der Waals surface area contributed by atoms with E-state index in [9.17, 15) is 10.2 Å². The van der Waals surface area contributed by atoms with Crippen LogP contribution in [0.3, 0.4) is 0 Å². The molecule has 2 heterocycles. The van der Waals surface area contributed by atoms with Crippen molar-refractivity contribution in [3.05, 3.63) is 65.8 Å². The van der Waals surface area contributed by atoms with Gasteiger partial charge in [0.15, 0.2) is 11.5 Å². The third-order valence-corrected chi connectivity index (χ3v) is 3.87. The standard InChI is InChI=1S/C20H20O4/c1-23-20-18(22)12-15-4-2-3-5-16(21)9-6-14-7-10-17(11-8-14)24-19(20)13-15/h2-5,7-8,10-13,16,21-22H,6,9H2,1H3/b4-2?,5-3+/t16-/m0/s1. The van der Waals surface area contributed by atoms with Gasteiger partial charge in [0.25, 0.3) is 0 Å². The number of allylic oxidation sites excluding steroid dienone is 2. The first kappa shape index (κ1) is 16.1. The van der Waals surface area contributed by atoms with Crippen LogP contribution in [0.2, 0.25) is 0 Å². The van der Waals surface area contributed by atoms with Gasteiger partial charge in [0.2, 0.25) is 5.75 Å². The Morgan fingerprint density at radius 3 is 2.67 bits per heavy atom. The second-order valence-electron chi connectivity index (χ2n) is 5.67. The monoisotopic (exact) mass is 324 g/mol. The van der Waals surface area contributed by atoms with Crippen molar-refractivity contribution >= 4 is 6.08 Å².